The van der Waals surface area contributed by atoms with Crippen molar-refractivity contribution >= 4 is 17.2 Å². The van der Waals surface area contributed by atoms with E-state index in [-0.39, 0.29) is 24.7 Å². The van der Waals surface area contributed by atoms with E-state index < -0.39 is 6.43 Å². The van der Waals surface area contributed by atoms with E-state index in [9.17, 15) is 13.6 Å². The second-order valence-corrected chi connectivity index (χ2v) is 8.61. The number of carbonyl (C=O) groups excluding carboxylic acids is 1. The van der Waals surface area contributed by atoms with E-state index in [1.165, 1.54) is 13.0 Å². The molecule has 190 valence electrons. The molecule has 7 nitrogen and oxygen atoms in total. The molecule has 1 fully saturated rings. The van der Waals surface area contributed by atoms with Crippen LogP contribution in [-0.2, 0) is 11.2 Å². The first kappa shape index (κ1) is 27.6. The Morgan fingerprint density at radius 1 is 1.41 bits per heavy atom. The van der Waals surface area contributed by atoms with Crippen LogP contribution in [0.2, 0.25) is 0 Å². The summed E-state index contributed by atoms with van der Waals surface area (Å²) >= 11 is 0. The van der Waals surface area contributed by atoms with E-state index in [0.29, 0.717) is 42.3 Å². The van der Waals surface area contributed by atoms with Gasteiger partial charge in [0.2, 0.25) is 5.91 Å². The van der Waals surface area contributed by atoms with Crippen molar-refractivity contribution in [3.8, 4) is 0 Å². The van der Waals surface area contributed by atoms with Gasteiger partial charge in [-0.2, -0.15) is 0 Å². The summed E-state index contributed by atoms with van der Waals surface area (Å²) in [6, 6.07) is 3.66. The third kappa shape index (κ3) is 7.99. The fraction of sp³-hybridized carbons (Fsp3) is 0.560. The number of hydrogen-bond donors (Lipinski definition) is 5. The van der Waals surface area contributed by atoms with Crippen LogP contribution < -0.4 is 27.0 Å². The molecule has 1 heterocycles. The van der Waals surface area contributed by atoms with E-state index in [1.54, 1.807) is 24.2 Å². The van der Waals surface area contributed by atoms with Crippen molar-refractivity contribution < 1.29 is 13.6 Å². The van der Waals surface area contributed by atoms with Gasteiger partial charge in [-0.05, 0) is 48.2 Å². The minimum absolute atomic E-state index is 0.0774. The van der Waals surface area contributed by atoms with Gasteiger partial charge < -0.3 is 31.9 Å². The van der Waals surface area contributed by atoms with Gasteiger partial charge in [-0.1, -0.05) is 19.9 Å². The van der Waals surface area contributed by atoms with Crippen molar-refractivity contribution in [1.82, 2.24) is 20.9 Å². The highest BCUT2D eigenvalue weighted by Crippen LogP contribution is 2.33. The highest BCUT2D eigenvalue weighted by Gasteiger charge is 2.20. The molecule has 0 saturated carbocycles. The minimum Gasteiger partial charge on any atom is -0.394 e. The van der Waals surface area contributed by atoms with Crippen LogP contribution in [0.15, 0.2) is 30.6 Å². The first-order chi connectivity index (χ1) is 16.3. The second-order valence-electron chi connectivity index (χ2n) is 8.61. The number of nitrogens with zero attached hydrogens (tertiary/aromatic N) is 1. The predicted octanol–water partition coefficient (Wildman–Crippen LogP) is 3.17. The molecule has 9 heteroatoms. The summed E-state index contributed by atoms with van der Waals surface area (Å²) in [5, 5.41) is 12.8. The van der Waals surface area contributed by atoms with Crippen molar-refractivity contribution in [3.63, 3.8) is 0 Å². The summed E-state index contributed by atoms with van der Waals surface area (Å²) < 4.78 is 27.9. The molecule has 1 aliphatic heterocycles. The fourth-order valence-electron chi connectivity index (χ4n) is 4.12. The molecule has 1 aromatic carbocycles. The van der Waals surface area contributed by atoms with E-state index in [2.05, 4.69) is 27.8 Å². The summed E-state index contributed by atoms with van der Waals surface area (Å²) in [5.41, 5.74) is 9.25. The van der Waals surface area contributed by atoms with Crippen LogP contribution in [0, 0.1) is 0 Å². The minimum atomic E-state index is -2.65. The molecule has 0 aromatic heterocycles. The first-order valence-electron chi connectivity index (χ1n) is 12.0. The molecule has 1 aromatic rings. The topological polar surface area (TPSA) is 94.4 Å². The van der Waals surface area contributed by atoms with Crippen molar-refractivity contribution in [1.29, 1.82) is 0 Å². The van der Waals surface area contributed by atoms with Gasteiger partial charge in [0, 0.05) is 69.2 Å². The Hall–Kier alpha value is -2.65. The number of alkyl halides is 2. The van der Waals surface area contributed by atoms with Gasteiger partial charge in [-0.3, -0.25) is 4.79 Å². The SMILES string of the molecule is C=C(CCN(CNc1cc(C(F)F)c(/C(=C/NC)CN)cc1CCC)C(C)=O)NC1CCNC1. The maximum Gasteiger partial charge on any atom is 0.264 e. The quantitative estimate of drug-likeness (QED) is 0.264. The zero-order chi connectivity index (χ0) is 25.1. The monoisotopic (exact) mass is 478 g/mol. The second kappa shape index (κ2) is 13.9. The van der Waals surface area contributed by atoms with Crippen LogP contribution in [0.3, 0.4) is 0 Å². The molecule has 1 aliphatic rings. The van der Waals surface area contributed by atoms with Crippen molar-refractivity contribution in [2.45, 2.75) is 52.0 Å². The Morgan fingerprint density at radius 2 is 2.18 bits per heavy atom. The Kier molecular flexibility index (Phi) is 11.3. The highest BCUT2D eigenvalue weighted by molar-refractivity contribution is 5.75. The molecule has 1 amide bonds. The van der Waals surface area contributed by atoms with Crippen molar-refractivity contribution in [2.24, 2.45) is 5.73 Å². The highest BCUT2D eigenvalue weighted by atomic mass is 19.3. The smallest absolute Gasteiger partial charge is 0.264 e. The van der Waals surface area contributed by atoms with Crippen LogP contribution in [0.1, 0.15) is 56.2 Å². The number of hydrogen-bond acceptors (Lipinski definition) is 6. The molecular formula is C25H40F2N6O. The number of carbonyl (C=O) groups is 1. The molecule has 6 N–H and O–H groups in total. The molecule has 2 rings (SSSR count). The maximum absolute atomic E-state index is 14.0. The van der Waals surface area contributed by atoms with Crippen molar-refractivity contribution in [3.05, 3.63) is 47.3 Å². The van der Waals surface area contributed by atoms with Gasteiger partial charge in [0.25, 0.3) is 6.43 Å². The number of nitrogens with one attached hydrogen (secondary N) is 4. The molecule has 1 saturated heterocycles. The van der Waals surface area contributed by atoms with E-state index >= 15 is 0 Å². The number of aryl methyl sites for hydroxylation is 1. The molecular weight excluding hydrogens is 438 g/mol. The number of nitrogens with two attached hydrogens (primary N) is 1. The van der Waals surface area contributed by atoms with Crippen LogP contribution in [0.4, 0.5) is 14.5 Å². The first-order valence-corrected chi connectivity index (χ1v) is 12.0. The van der Waals surface area contributed by atoms with E-state index in [4.69, 9.17) is 5.73 Å². The average molecular weight is 479 g/mol. The zero-order valence-corrected chi connectivity index (χ0v) is 20.6. The molecule has 0 spiro atoms. The van der Waals surface area contributed by atoms with Gasteiger partial charge in [0.1, 0.15) is 0 Å². The zero-order valence-electron chi connectivity index (χ0n) is 20.6. The largest absolute Gasteiger partial charge is 0.394 e. The Morgan fingerprint density at radius 3 is 2.74 bits per heavy atom. The number of anilines is 1. The lowest BCUT2D eigenvalue weighted by Gasteiger charge is -2.25. The molecule has 34 heavy (non-hydrogen) atoms. The summed E-state index contributed by atoms with van der Waals surface area (Å²) in [7, 11) is 1.71. The van der Waals surface area contributed by atoms with E-state index in [1.807, 2.05) is 6.92 Å². The fourth-order valence-corrected chi connectivity index (χ4v) is 4.12. The van der Waals surface area contributed by atoms with Gasteiger partial charge in [0.15, 0.2) is 0 Å². The average Bonchev–Trinajstić information content (AvgIpc) is 3.30. The molecule has 1 unspecified atom stereocenters. The normalized spacial score (nSPS) is 16.0. The lowest BCUT2D eigenvalue weighted by Crippen LogP contribution is -2.36. The summed E-state index contributed by atoms with van der Waals surface area (Å²) in [4.78, 5) is 13.9. The Labute approximate surface area is 202 Å². The number of halogens is 2. The molecule has 1 atom stereocenters. The predicted molar refractivity (Wildman–Crippen MR) is 136 cm³/mol. The Balaban J connectivity index is 2.16. The maximum atomic E-state index is 14.0. The lowest BCUT2D eigenvalue weighted by atomic mass is 9.94. The number of benzene rings is 1. The third-order valence-electron chi connectivity index (χ3n) is 5.97. The summed E-state index contributed by atoms with van der Waals surface area (Å²) in [6.07, 6.45) is 2.25. The number of rotatable bonds is 14. The van der Waals surface area contributed by atoms with Crippen LogP contribution in [0.5, 0.6) is 0 Å². The number of amides is 1. The van der Waals surface area contributed by atoms with Crippen LogP contribution in [0.25, 0.3) is 5.57 Å². The third-order valence-corrected chi connectivity index (χ3v) is 5.97. The van der Waals surface area contributed by atoms with Crippen LogP contribution >= 0.6 is 0 Å². The Bertz CT molecular complexity index is 852. The molecule has 0 radical (unpaired) electrons. The van der Waals surface area contributed by atoms with Crippen molar-refractivity contribution in [2.75, 3.05) is 45.2 Å². The summed E-state index contributed by atoms with van der Waals surface area (Å²) in [6.45, 7) is 10.4. The van der Waals surface area contributed by atoms with Gasteiger partial charge in [-0.15, -0.1) is 0 Å². The summed E-state index contributed by atoms with van der Waals surface area (Å²) in [5.74, 6) is -0.0899. The standard InChI is InChI=1S/C25H40F2N6O/c1-5-6-19-11-22(20(13-28)14-29-4)23(25(26)27)12-24(19)31-16-33(18(3)34)10-8-17(2)32-21-7-9-30-15-21/h11-12,14,21,25,29-32H,2,5-10,13,15-16,28H2,1,3-4H3/b20-14+. The molecule has 0 bridgehead atoms. The van der Waals surface area contributed by atoms with E-state index in [0.717, 1.165) is 37.2 Å². The molecule has 0 aliphatic carbocycles. The van der Waals surface area contributed by atoms with Gasteiger partial charge in [-0.25, -0.2) is 8.78 Å². The van der Waals surface area contributed by atoms with Gasteiger partial charge >= 0.3 is 0 Å². The van der Waals surface area contributed by atoms with Gasteiger partial charge in [0.05, 0.1) is 6.67 Å². The lowest BCUT2D eigenvalue weighted by molar-refractivity contribution is -0.128. The van der Waals surface area contributed by atoms with Crippen LogP contribution in [-0.4, -0.2) is 56.7 Å².